The number of rotatable bonds is 6. The molecule has 5 heteroatoms. The lowest BCUT2D eigenvalue weighted by Crippen LogP contribution is -2.14. The van der Waals surface area contributed by atoms with Gasteiger partial charge in [0.15, 0.2) is 0 Å². The molecule has 1 saturated carbocycles. The second kappa shape index (κ2) is 6.12. The molecule has 1 fully saturated rings. The minimum atomic E-state index is 0.471. The first-order chi connectivity index (χ1) is 9.72. The van der Waals surface area contributed by atoms with Crippen molar-refractivity contribution in [2.75, 3.05) is 0 Å². The number of aromatic nitrogens is 1. The molecule has 1 aliphatic rings. The summed E-state index contributed by atoms with van der Waals surface area (Å²) in [6, 6.07) is 8.23. The van der Waals surface area contributed by atoms with Gasteiger partial charge < -0.3 is 10.1 Å². The SMILES string of the molecule is Cc1nc(COc2ccccc2Cl)sc1CNC1CC1. The zero-order valence-corrected chi connectivity index (χ0v) is 12.9. The summed E-state index contributed by atoms with van der Waals surface area (Å²) in [4.78, 5) is 5.86. The van der Waals surface area contributed by atoms with Gasteiger partial charge in [-0.05, 0) is 31.9 Å². The van der Waals surface area contributed by atoms with Crippen molar-refractivity contribution in [2.45, 2.75) is 39.0 Å². The Hall–Kier alpha value is -1.10. The number of hydrogen-bond donors (Lipinski definition) is 1. The molecule has 1 aromatic heterocycles. The molecule has 0 atom stereocenters. The van der Waals surface area contributed by atoms with Crippen LogP contribution in [-0.4, -0.2) is 11.0 Å². The predicted octanol–water partition coefficient (Wildman–Crippen LogP) is 3.94. The first kappa shape index (κ1) is 13.9. The molecule has 1 N–H and O–H groups in total. The first-order valence-electron chi connectivity index (χ1n) is 6.78. The van der Waals surface area contributed by atoms with E-state index in [0.717, 1.165) is 23.3 Å². The van der Waals surface area contributed by atoms with E-state index in [1.54, 1.807) is 11.3 Å². The molecule has 0 aliphatic heterocycles. The number of thiazole rings is 1. The zero-order chi connectivity index (χ0) is 13.9. The van der Waals surface area contributed by atoms with Crippen LogP contribution < -0.4 is 10.1 Å². The Morgan fingerprint density at radius 2 is 2.20 bits per heavy atom. The van der Waals surface area contributed by atoms with Gasteiger partial charge in [0.05, 0.1) is 10.7 Å². The topological polar surface area (TPSA) is 34.1 Å². The Balaban J connectivity index is 1.59. The summed E-state index contributed by atoms with van der Waals surface area (Å²) in [5.41, 5.74) is 1.10. The number of nitrogens with one attached hydrogen (secondary N) is 1. The van der Waals surface area contributed by atoms with E-state index in [9.17, 15) is 0 Å². The molecule has 0 saturated heterocycles. The van der Waals surface area contributed by atoms with Crippen LogP contribution in [0.15, 0.2) is 24.3 Å². The molecule has 3 rings (SSSR count). The lowest BCUT2D eigenvalue weighted by Gasteiger charge is -2.05. The van der Waals surface area contributed by atoms with Crippen molar-refractivity contribution in [3.8, 4) is 5.75 Å². The minimum absolute atomic E-state index is 0.471. The van der Waals surface area contributed by atoms with Gasteiger partial charge in [-0.25, -0.2) is 4.98 Å². The molecule has 0 unspecified atom stereocenters. The average Bonchev–Trinajstić information content (AvgIpc) is 3.20. The average molecular weight is 309 g/mol. The monoisotopic (exact) mass is 308 g/mol. The molecule has 0 spiro atoms. The molecule has 0 radical (unpaired) electrons. The second-order valence-electron chi connectivity index (χ2n) is 4.99. The number of ether oxygens (including phenoxy) is 1. The summed E-state index contributed by atoms with van der Waals surface area (Å²) < 4.78 is 5.72. The fraction of sp³-hybridized carbons (Fsp3) is 0.400. The molecule has 0 amide bonds. The van der Waals surface area contributed by atoms with Gasteiger partial charge in [0, 0.05) is 17.5 Å². The number of hydrogen-bond acceptors (Lipinski definition) is 4. The molecule has 3 nitrogen and oxygen atoms in total. The minimum Gasteiger partial charge on any atom is -0.485 e. The van der Waals surface area contributed by atoms with Crippen LogP contribution in [0.5, 0.6) is 5.75 Å². The Labute approximate surface area is 127 Å². The van der Waals surface area contributed by atoms with E-state index in [-0.39, 0.29) is 0 Å². The number of para-hydroxylation sites is 1. The summed E-state index contributed by atoms with van der Waals surface area (Å²) >= 11 is 7.78. The quantitative estimate of drug-likeness (QED) is 0.878. The van der Waals surface area contributed by atoms with Gasteiger partial charge in [-0.1, -0.05) is 23.7 Å². The maximum absolute atomic E-state index is 6.07. The summed E-state index contributed by atoms with van der Waals surface area (Å²) in [5.74, 6) is 0.708. The van der Waals surface area contributed by atoms with Crippen molar-refractivity contribution in [1.82, 2.24) is 10.3 Å². The van der Waals surface area contributed by atoms with Crippen molar-refractivity contribution in [3.05, 3.63) is 44.9 Å². The number of benzene rings is 1. The van der Waals surface area contributed by atoms with E-state index in [1.165, 1.54) is 17.7 Å². The van der Waals surface area contributed by atoms with Crippen LogP contribution in [-0.2, 0) is 13.2 Å². The maximum atomic E-state index is 6.07. The van der Waals surface area contributed by atoms with Crippen molar-refractivity contribution >= 4 is 22.9 Å². The Kier molecular flexibility index (Phi) is 4.24. The molecule has 2 aromatic rings. The Morgan fingerprint density at radius 3 is 2.95 bits per heavy atom. The number of nitrogens with zero attached hydrogens (tertiary/aromatic N) is 1. The Morgan fingerprint density at radius 1 is 1.40 bits per heavy atom. The van der Waals surface area contributed by atoms with Crippen LogP contribution in [0.25, 0.3) is 0 Å². The molecule has 1 heterocycles. The van der Waals surface area contributed by atoms with E-state index in [4.69, 9.17) is 16.3 Å². The van der Waals surface area contributed by atoms with Gasteiger partial charge in [-0.15, -0.1) is 11.3 Å². The summed E-state index contributed by atoms with van der Waals surface area (Å²) in [6.07, 6.45) is 2.61. The highest BCUT2D eigenvalue weighted by molar-refractivity contribution is 7.11. The van der Waals surface area contributed by atoms with Crippen molar-refractivity contribution < 1.29 is 4.74 Å². The van der Waals surface area contributed by atoms with Gasteiger partial charge in [-0.3, -0.25) is 0 Å². The highest BCUT2D eigenvalue weighted by Crippen LogP contribution is 2.26. The number of halogens is 1. The van der Waals surface area contributed by atoms with E-state index in [2.05, 4.69) is 17.2 Å². The van der Waals surface area contributed by atoms with Crippen LogP contribution in [0.1, 0.15) is 28.4 Å². The van der Waals surface area contributed by atoms with Crippen LogP contribution in [0, 0.1) is 6.92 Å². The normalized spacial score (nSPS) is 14.5. The lowest BCUT2D eigenvalue weighted by atomic mass is 10.3. The second-order valence-corrected chi connectivity index (χ2v) is 6.57. The highest BCUT2D eigenvalue weighted by atomic mass is 35.5. The van der Waals surface area contributed by atoms with Gasteiger partial charge in [0.25, 0.3) is 0 Å². The van der Waals surface area contributed by atoms with Gasteiger partial charge in [-0.2, -0.15) is 0 Å². The van der Waals surface area contributed by atoms with Crippen LogP contribution in [0.4, 0.5) is 0 Å². The Bertz CT molecular complexity index is 595. The summed E-state index contributed by atoms with van der Waals surface area (Å²) in [6.45, 7) is 3.44. The molecule has 1 aliphatic carbocycles. The third-order valence-corrected chi connectivity index (χ3v) is 4.70. The summed E-state index contributed by atoms with van der Waals surface area (Å²) in [5, 5.41) is 5.15. The van der Waals surface area contributed by atoms with Gasteiger partial charge in [0.2, 0.25) is 0 Å². The standard InChI is InChI=1S/C15H17ClN2OS/c1-10-14(8-17-11-6-7-11)20-15(18-10)9-19-13-5-3-2-4-12(13)16/h2-5,11,17H,6-9H2,1H3. The fourth-order valence-electron chi connectivity index (χ4n) is 1.94. The summed E-state index contributed by atoms with van der Waals surface area (Å²) in [7, 11) is 0. The fourth-order valence-corrected chi connectivity index (χ4v) is 3.06. The maximum Gasteiger partial charge on any atom is 0.140 e. The van der Waals surface area contributed by atoms with Crippen molar-refractivity contribution in [1.29, 1.82) is 0 Å². The number of aryl methyl sites for hydroxylation is 1. The van der Waals surface area contributed by atoms with Crippen LogP contribution in [0.3, 0.4) is 0 Å². The van der Waals surface area contributed by atoms with E-state index in [1.807, 2.05) is 24.3 Å². The predicted molar refractivity (Wildman–Crippen MR) is 82.5 cm³/mol. The van der Waals surface area contributed by atoms with Gasteiger partial charge in [0.1, 0.15) is 17.4 Å². The first-order valence-corrected chi connectivity index (χ1v) is 7.97. The van der Waals surface area contributed by atoms with Gasteiger partial charge >= 0.3 is 0 Å². The third kappa shape index (κ3) is 3.51. The molecule has 20 heavy (non-hydrogen) atoms. The lowest BCUT2D eigenvalue weighted by molar-refractivity contribution is 0.305. The highest BCUT2D eigenvalue weighted by Gasteiger charge is 2.21. The largest absolute Gasteiger partial charge is 0.485 e. The van der Waals surface area contributed by atoms with E-state index < -0.39 is 0 Å². The molecular weight excluding hydrogens is 292 g/mol. The molecule has 1 aromatic carbocycles. The molecular formula is C15H17ClN2OS. The smallest absolute Gasteiger partial charge is 0.140 e. The third-order valence-electron chi connectivity index (χ3n) is 3.25. The zero-order valence-electron chi connectivity index (χ0n) is 11.4. The molecule has 0 bridgehead atoms. The van der Waals surface area contributed by atoms with Crippen LogP contribution in [0.2, 0.25) is 5.02 Å². The molecule has 106 valence electrons. The van der Waals surface area contributed by atoms with Crippen LogP contribution >= 0.6 is 22.9 Å². The van der Waals surface area contributed by atoms with E-state index >= 15 is 0 Å². The van der Waals surface area contributed by atoms with Crippen molar-refractivity contribution in [2.24, 2.45) is 0 Å². The van der Waals surface area contributed by atoms with E-state index in [0.29, 0.717) is 17.4 Å². The van der Waals surface area contributed by atoms with Crippen molar-refractivity contribution in [3.63, 3.8) is 0 Å².